The number of nitrogens with zero attached hydrogens (tertiary/aromatic N) is 1. The van der Waals surface area contributed by atoms with Gasteiger partial charge in [-0.1, -0.05) is 5.82 Å². The molecule has 0 bridgehead atoms. The Hall–Kier alpha value is -0.345. The number of nitrogens with one attached hydrogen (secondary N) is 1. The highest BCUT2D eigenvalue weighted by Gasteiger charge is 2.36. The molecule has 1 heterocycles. The van der Waals surface area contributed by atoms with Crippen molar-refractivity contribution in [1.29, 1.82) is 0 Å². The topological polar surface area (TPSA) is 32.3 Å². The predicted octanol–water partition coefficient (Wildman–Crippen LogP) is 0.603. The second-order valence-electron chi connectivity index (χ2n) is 4.64. The molecule has 4 atom stereocenters. The first kappa shape index (κ1) is 12.7. The van der Waals surface area contributed by atoms with Crippen molar-refractivity contribution in [2.24, 2.45) is 0 Å². The van der Waals surface area contributed by atoms with Crippen molar-refractivity contribution in [3.8, 4) is 0 Å². The molecule has 1 aliphatic heterocycles. The number of hydrogen-bond donors (Lipinski definition) is 1. The molecule has 4 heteroatoms. The van der Waals surface area contributed by atoms with Gasteiger partial charge in [-0.15, -0.1) is 0 Å². The van der Waals surface area contributed by atoms with Gasteiger partial charge in [-0.05, 0) is 40.8 Å². The molecule has 1 saturated heterocycles. The Labute approximate surface area is 94.0 Å². The summed E-state index contributed by atoms with van der Waals surface area (Å²) in [6.45, 7) is 6.77. The van der Waals surface area contributed by atoms with E-state index in [2.05, 4.69) is 24.1 Å². The number of hydrogen-bond acceptors (Lipinski definition) is 3. The van der Waals surface area contributed by atoms with E-state index in [0.717, 1.165) is 13.0 Å². The number of likely N-dealkylation sites (N-methyl/N-ethyl adjacent to an activating group) is 1. The molecular formula is C11H21BN2O. The second-order valence-corrected chi connectivity index (χ2v) is 4.64. The Morgan fingerprint density at radius 3 is 2.60 bits per heavy atom. The van der Waals surface area contributed by atoms with Gasteiger partial charge in [0.1, 0.15) is 5.78 Å². The van der Waals surface area contributed by atoms with E-state index in [4.69, 9.17) is 7.85 Å². The third-order valence-electron chi connectivity index (χ3n) is 3.54. The van der Waals surface area contributed by atoms with Gasteiger partial charge in [0.15, 0.2) is 0 Å². The van der Waals surface area contributed by atoms with Crippen LogP contribution in [0.5, 0.6) is 0 Å². The van der Waals surface area contributed by atoms with E-state index in [1.807, 2.05) is 7.05 Å². The summed E-state index contributed by atoms with van der Waals surface area (Å²) in [5.74, 6) is 0.378. The highest BCUT2D eigenvalue weighted by molar-refractivity contribution is 6.12. The molecule has 0 aromatic rings. The highest BCUT2D eigenvalue weighted by atomic mass is 16.1. The van der Waals surface area contributed by atoms with Gasteiger partial charge < -0.3 is 5.32 Å². The third kappa shape index (κ3) is 2.82. The lowest BCUT2D eigenvalue weighted by atomic mass is 9.85. The molecule has 1 fully saturated rings. The molecule has 2 radical (unpaired) electrons. The zero-order valence-corrected chi connectivity index (χ0v) is 10.2. The molecule has 0 aromatic carbocycles. The Bertz CT molecular complexity index is 235. The van der Waals surface area contributed by atoms with Gasteiger partial charge in [-0.3, -0.25) is 9.69 Å². The highest BCUT2D eigenvalue weighted by Crippen LogP contribution is 2.28. The fraction of sp³-hybridized carbons (Fsp3) is 0.909. The maximum absolute atomic E-state index is 11.5. The van der Waals surface area contributed by atoms with Crippen molar-refractivity contribution in [1.82, 2.24) is 10.2 Å². The van der Waals surface area contributed by atoms with Crippen LogP contribution >= 0.6 is 0 Å². The largest absolute Gasteiger partial charge is 0.316 e. The fourth-order valence-electron chi connectivity index (χ4n) is 2.27. The van der Waals surface area contributed by atoms with Crippen LogP contribution in [0.2, 0.25) is 5.82 Å². The van der Waals surface area contributed by atoms with Crippen molar-refractivity contribution in [3.63, 3.8) is 0 Å². The minimum atomic E-state index is 0.0193. The van der Waals surface area contributed by atoms with E-state index in [0.29, 0.717) is 12.1 Å². The van der Waals surface area contributed by atoms with E-state index in [1.54, 1.807) is 6.92 Å². The van der Waals surface area contributed by atoms with Crippen LogP contribution in [-0.4, -0.2) is 50.2 Å². The van der Waals surface area contributed by atoms with E-state index in [-0.39, 0.29) is 17.6 Å². The third-order valence-corrected chi connectivity index (χ3v) is 3.54. The van der Waals surface area contributed by atoms with Crippen LogP contribution < -0.4 is 5.32 Å². The standard InChI is InChI=1S/C11H21BN2O/c1-7(13-4)8(2)14-6-10(12)5-11(14)9(3)15/h7-8,10-11,13H,5-6H2,1-4H3. The molecule has 4 unspecified atom stereocenters. The van der Waals surface area contributed by atoms with E-state index < -0.39 is 0 Å². The van der Waals surface area contributed by atoms with Crippen molar-refractivity contribution < 1.29 is 4.79 Å². The normalized spacial score (nSPS) is 31.5. The maximum atomic E-state index is 11.5. The SMILES string of the molecule is [B]C1CC(C(C)=O)N(C(C)C(C)NC)C1. The predicted molar refractivity (Wildman–Crippen MR) is 63.3 cm³/mol. The van der Waals surface area contributed by atoms with E-state index >= 15 is 0 Å². The summed E-state index contributed by atoms with van der Waals surface area (Å²) < 4.78 is 0. The van der Waals surface area contributed by atoms with Crippen LogP contribution in [0.25, 0.3) is 0 Å². The first-order valence-electron chi connectivity index (χ1n) is 5.66. The van der Waals surface area contributed by atoms with Crippen LogP contribution in [0.1, 0.15) is 27.2 Å². The lowest BCUT2D eigenvalue weighted by molar-refractivity contribution is -0.121. The molecule has 1 rings (SSSR count). The van der Waals surface area contributed by atoms with Crippen molar-refractivity contribution in [3.05, 3.63) is 0 Å². The molecule has 3 nitrogen and oxygen atoms in total. The minimum absolute atomic E-state index is 0.0193. The van der Waals surface area contributed by atoms with Gasteiger partial charge >= 0.3 is 0 Å². The fourth-order valence-corrected chi connectivity index (χ4v) is 2.27. The summed E-state index contributed by atoms with van der Waals surface area (Å²) in [5.41, 5.74) is 0. The van der Waals surface area contributed by atoms with Crippen LogP contribution in [0.15, 0.2) is 0 Å². The molecule has 0 saturated carbocycles. The molecule has 15 heavy (non-hydrogen) atoms. The van der Waals surface area contributed by atoms with E-state index in [9.17, 15) is 4.79 Å². The summed E-state index contributed by atoms with van der Waals surface area (Å²) in [4.78, 5) is 13.7. The van der Waals surface area contributed by atoms with Crippen molar-refractivity contribution in [2.75, 3.05) is 13.6 Å². The second kappa shape index (κ2) is 5.13. The molecule has 0 amide bonds. The zero-order chi connectivity index (χ0) is 11.6. The Kier molecular flexibility index (Phi) is 4.35. The summed E-state index contributed by atoms with van der Waals surface area (Å²) >= 11 is 0. The molecular weight excluding hydrogens is 187 g/mol. The van der Waals surface area contributed by atoms with Crippen molar-refractivity contribution in [2.45, 2.75) is 51.1 Å². The Morgan fingerprint density at radius 1 is 1.53 bits per heavy atom. The summed E-state index contributed by atoms with van der Waals surface area (Å²) in [7, 11) is 7.86. The molecule has 0 aliphatic carbocycles. The van der Waals surface area contributed by atoms with E-state index in [1.165, 1.54) is 0 Å². The lowest BCUT2D eigenvalue weighted by Gasteiger charge is -2.33. The first-order chi connectivity index (χ1) is 6.97. The maximum Gasteiger partial charge on any atom is 0.146 e. The molecule has 1 aliphatic rings. The number of Topliss-reactive ketones (excluding diaryl/α,β-unsaturated/α-hetero) is 1. The van der Waals surface area contributed by atoms with Gasteiger partial charge in [0.05, 0.1) is 13.9 Å². The summed E-state index contributed by atoms with van der Waals surface area (Å²) in [5, 5.41) is 3.22. The van der Waals surface area contributed by atoms with Crippen LogP contribution in [0.4, 0.5) is 0 Å². The lowest BCUT2D eigenvalue weighted by Crippen LogP contribution is -2.49. The minimum Gasteiger partial charge on any atom is -0.316 e. The van der Waals surface area contributed by atoms with Crippen LogP contribution in [0, 0.1) is 0 Å². The van der Waals surface area contributed by atoms with Crippen LogP contribution in [0.3, 0.4) is 0 Å². The number of carbonyl (C=O) groups is 1. The molecule has 0 aromatic heterocycles. The summed E-state index contributed by atoms with van der Waals surface area (Å²) in [6, 6.07) is 0.736. The average Bonchev–Trinajstić information content (AvgIpc) is 2.58. The quantitative estimate of drug-likeness (QED) is 0.687. The monoisotopic (exact) mass is 208 g/mol. The summed E-state index contributed by atoms with van der Waals surface area (Å²) in [6.07, 6.45) is 0.802. The molecule has 84 valence electrons. The first-order valence-corrected chi connectivity index (χ1v) is 5.66. The Balaban J connectivity index is 2.70. The molecule has 0 spiro atoms. The van der Waals surface area contributed by atoms with Gasteiger partial charge in [-0.25, -0.2) is 0 Å². The zero-order valence-electron chi connectivity index (χ0n) is 10.2. The van der Waals surface area contributed by atoms with Gasteiger partial charge in [0.2, 0.25) is 0 Å². The Morgan fingerprint density at radius 2 is 2.13 bits per heavy atom. The smallest absolute Gasteiger partial charge is 0.146 e. The number of rotatable bonds is 4. The van der Waals surface area contributed by atoms with Gasteiger partial charge in [0, 0.05) is 12.1 Å². The average molecular weight is 208 g/mol. The number of likely N-dealkylation sites (tertiary alicyclic amines) is 1. The molecule has 1 N–H and O–H groups in total. The van der Waals surface area contributed by atoms with Gasteiger partial charge in [-0.2, -0.15) is 0 Å². The number of carbonyl (C=O) groups excluding carboxylic acids is 1. The van der Waals surface area contributed by atoms with Crippen LogP contribution in [-0.2, 0) is 4.79 Å². The van der Waals surface area contributed by atoms with Crippen molar-refractivity contribution >= 4 is 13.6 Å². The number of ketones is 1. The van der Waals surface area contributed by atoms with Gasteiger partial charge in [0.25, 0.3) is 0 Å².